The fourth-order valence-electron chi connectivity index (χ4n) is 3.30. The summed E-state index contributed by atoms with van der Waals surface area (Å²) in [6, 6.07) is 6.22. The van der Waals surface area contributed by atoms with Crippen molar-refractivity contribution in [3.63, 3.8) is 0 Å². The number of thioether (sulfide) groups is 1. The Morgan fingerprint density at radius 1 is 1.28 bits per heavy atom. The molecule has 0 aromatic heterocycles. The van der Waals surface area contributed by atoms with Crippen molar-refractivity contribution in [2.24, 2.45) is 4.99 Å². The molecule has 0 radical (unpaired) electrons. The van der Waals surface area contributed by atoms with Crippen LogP contribution in [0, 0.1) is 13.8 Å². The van der Waals surface area contributed by atoms with Gasteiger partial charge in [0, 0.05) is 12.1 Å². The zero-order valence-electron chi connectivity index (χ0n) is 14.8. The van der Waals surface area contributed by atoms with Crippen molar-refractivity contribution in [1.82, 2.24) is 5.32 Å². The quantitative estimate of drug-likeness (QED) is 0.864. The summed E-state index contributed by atoms with van der Waals surface area (Å²) in [6.07, 6.45) is 6.05. The predicted octanol–water partition coefficient (Wildman–Crippen LogP) is 3.55. The molecule has 1 aromatic carbocycles. The number of aryl methyl sites for hydroxylation is 2. The van der Waals surface area contributed by atoms with Gasteiger partial charge in [0.1, 0.15) is 5.25 Å². The Bertz CT molecular complexity index is 696. The second-order valence-electron chi connectivity index (χ2n) is 6.89. The Morgan fingerprint density at radius 2 is 2.04 bits per heavy atom. The van der Waals surface area contributed by atoms with E-state index in [9.17, 15) is 9.59 Å². The highest BCUT2D eigenvalue weighted by atomic mass is 32.2. The number of nitrogens with zero attached hydrogens (tertiary/aromatic N) is 1. The lowest BCUT2D eigenvalue weighted by atomic mass is 9.96. The number of nitrogens with one attached hydrogen (secondary N) is 2. The van der Waals surface area contributed by atoms with E-state index in [0.717, 1.165) is 29.7 Å². The first-order valence-electron chi connectivity index (χ1n) is 8.93. The van der Waals surface area contributed by atoms with Gasteiger partial charge in [0.05, 0.1) is 6.04 Å². The van der Waals surface area contributed by atoms with Crippen molar-refractivity contribution in [1.29, 1.82) is 0 Å². The summed E-state index contributed by atoms with van der Waals surface area (Å²) in [7, 11) is 0. The first-order chi connectivity index (χ1) is 12.0. The van der Waals surface area contributed by atoms with Crippen LogP contribution >= 0.6 is 11.8 Å². The van der Waals surface area contributed by atoms with Gasteiger partial charge >= 0.3 is 0 Å². The molecule has 1 heterocycles. The molecule has 6 heteroatoms. The molecule has 0 unspecified atom stereocenters. The van der Waals surface area contributed by atoms with Crippen LogP contribution in [-0.4, -0.2) is 28.3 Å². The summed E-state index contributed by atoms with van der Waals surface area (Å²) < 4.78 is 0. The molecule has 134 valence electrons. The van der Waals surface area contributed by atoms with Crippen LogP contribution in [-0.2, 0) is 9.59 Å². The molecule has 2 fully saturated rings. The van der Waals surface area contributed by atoms with Crippen molar-refractivity contribution in [2.75, 3.05) is 5.32 Å². The van der Waals surface area contributed by atoms with Crippen LogP contribution < -0.4 is 10.6 Å². The molecule has 0 bridgehead atoms. The van der Waals surface area contributed by atoms with Crippen LogP contribution in [0.25, 0.3) is 0 Å². The number of rotatable bonds is 4. The smallest absolute Gasteiger partial charge is 0.240 e. The number of amidine groups is 1. The van der Waals surface area contributed by atoms with Gasteiger partial charge in [0.25, 0.3) is 0 Å². The predicted molar refractivity (Wildman–Crippen MR) is 103 cm³/mol. The van der Waals surface area contributed by atoms with Crippen LogP contribution in [0.15, 0.2) is 23.2 Å². The molecule has 25 heavy (non-hydrogen) atoms. The van der Waals surface area contributed by atoms with Crippen molar-refractivity contribution in [3.8, 4) is 0 Å². The number of hydrogen-bond acceptors (Lipinski definition) is 4. The van der Waals surface area contributed by atoms with Crippen molar-refractivity contribution in [3.05, 3.63) is 29.3 Å². The average Bonchev–Trinajstić information content (AvgIpc) is 2.90. The van der Waals surface area contributed by atoms with E-state index in [-0.39, 0.29) is 18.2 Å². The SMILES string of the molecule is Cc1ccc(NC(=O)C[C@@H]2SC(=NC3CCCCC3)NC2=O)c(C)c1. The minimum Gasteiger partial charge on any atom is -0.326 e. The molecule has 5 nitrogen and oxygen atoms in total. The maximum atomic E-state index is 12.3. The number of anilines is 1. The lowest BCUT2D eigenvalue weighted by molar-refractivity contribution is -0.122. The number of carbonyl (C=O) groups excluding carboxylic acids is 2. The van der Waals surface area contributed by atoms with Gasteiger partial charge in [0.2, 0.25) is 11.8 Å². The number of aliphatic imine (C=N–C) groups is 1. The third kappa shape index (κ3) is 4.84. The average molecular weight is 359 g/mol. The lowest BCUT2D eigenvalue weighted by Gasteiger charge is -2.17. The van der Waals surface area contributed by atoms with Crippen LogP contribution in [0.5, 0.6) is 0 Å². The van der Waals surface area contributed by atoms with Gasteiger partial charge in [-0.2, -0.15) is 0 Å². The Labute approximate surface area is 153 Å². The molecule has 1 saturated carbocycles. The number of benzene rings is 1. The summed E-state index contributed by atoms with van der Waals surface area (Å²) in [5.41, 5.74) is 2.98. The Morgan fingerprint density at radius 3 is 2.76 bits per heavy atom. The highest BCUT2D eigenvalue weighted by Gasteiger charge is 2.32. The molecule has 2 N–H and O–H groups in total. The highest BCUT2D eigenvalue weighted by molar-refractivity contribution is 8.15. The minimum atomic E-state index is -0.395. The molecule has 1 saturated heterocycles. The van der Waals surface area contributed by atoms with E-state index in [1.807, 2.05) is 32.0 Å². The molecular weight excluding hydrogens is 334 g/mol. The van der Waals surface area contributed by atoms with E-state index >= 15 is 0 Å². The molecule has 1 aromatic rings. The molecule has 2 aliphatic rings. The lowest BCUT2D eigenvalue weighted by Crippen LogP contribution is -2.28. The van der Waals surface area contributed by atoms with E-state index in [2.05, 4.69) is 15.6 Å². The maximum Gasteiger partial charge on any atom is 0.240 e. The zero-order chi connectivity index (χ0) is 17.8. The van der Waals surface area contributed by atoms with Crippen LogP contribution in [0.3, 0.4) is 0 Å². The summed E-state index contributed by atoms with van der Waals surface area (Å²) in [6.45, 7) is 3.99. The first-order valence-corrected chi connectivity index (χ1v) is 9.81. The van der Waals surface area contributed by atoms with Gasteiger partial charge in [0.15, 0.2) is 5.17 Å². The van der Waals surface area contributed by atoms with Crippen molar-refractivity contribution < 1.29 is 9.59 Å². The molecule has 0 spiro atoms. The van der Waals surface area contributed by atoms with Gasteiger partial charge < -0.3 is 10.6 Å². The van der Waals surface area contributed by atoms with Gasteiger partial charge in [-0.25, -0.2) is 0 Å². The molecule has 3 rings (SSSR count). The third-order valence-corrected chi connectivity index (χ3v) is 5.77. The van der Waals surface area contributed by atoms with Crippen LogP contribution in [0.4, 0.5) is 5.69 Å². The largest absolute Gasteiger partial charge is 0.326 e. The monoisotopic (exact) mass is 359 g/mol. The van der Waals surface area contributed by atoms with E-state index in [4.69, 9.17) is 0 Å². The Hall–Kier alpha value is -1.82. The molecule has 2 amide bonds. The standard InChI is InChI=1S/C19H25N3O2S/c1-12-8-9-15(13(2)10-12)21-17(23)11-16-18(24)22-19(25-16)20-14-6-4-3-5-7-14/h8-10,14,16H,3-7,11H2,1-2H3,(H,21,23)(H,20,22,24)/t16-/m0/s1. The van der Waals surface area contributed by atoms with Crippen LogP contribution in [0.1, 0.15) is 49.7 Å². The molecule has 1 aliphatic heterocycles. The van der Waals surface area contributed by atoms with Gasteiger partial charge in [-0.15, -0.1) is 0 Å². The minimum absolute atomic E-state index is 0.115. The van der Waals surface area contributed by atoms with E-state index in [1.54, 1.807) is 0 Å². The van der Waals surface area contributed by atoms with Crippen molar-refractivity contribution >= 4 is 34.4 Å². The number of carbonyl (C=O) groups is 2. The number of hydrogen-bond donors (Lipinski definition) is 2. The summed E-state index contributed by atoms with van der Waals surface area (Å²) in [5, 5.41) is 6.03. The summed E-state index contributed by atoms with van der Waals surface area (Å²) in [4.78, 5) is 29.1. The number of amides is 2. The zero-order valence-corrected chi connectivity index (χ0v) is 15.6. The summed E-state index contributed by atoms with van der Waals surface area (Å²) >= 11 is 1.39. The highest BCUT2D eigenvalue weighted by Crippen LogP contribution is 2.27. The van der Waals surface area contributed by atoms with Crippen LogP contribution in [0.2, 0.25) is 0 Å². The van der Waals surface area contributed by atoms with E-state index in [0.29, 0.717) is 11.2 Å². The Balaban J connectivity index is 1.56. The fraction of sp³-hybridized carbons (Fsp3) is 0.526. The van der Waals surface area contributed by atoms with E-state index < -0.39 is 5.25 Å². The Kier molecular flexibility index (Phi) is 5.78. The first kappa shape index (κ1) is 18.0. The normalized spacial score (nSPS) is 22.9. The molecular formula is C19H25N3O2S. The molecule has 1 atom stereocenters. The van der Waals surface area contributed by atoms with Gasteiger partial charge in [-0.05, 0) is 38.3 Å². The second-order valence-corrected chi connectivity index (χ2v) is 8.08. The van der Waals surface area contributed by atoms with E-state index in [1.165, 1.54) is 31.0 Å². The topological polar surface area (TPSA) is 70.6 Å². The second kappa shape index (κ2) is 8.04. The summed E-state index contributed by atoms with van der Waals surface area (Å²) in [5.74, 6) is -0.256. The maximum absolute atomic E-state index is 12.3. The van der Waals surface area contributed by atoms with Crippen molar-refractivity contribution in [2.45, 2.75) is 63.7 Å². The third-order valence-electron chi connectivity index (χ3n) is 4.68. The van der Waals surface area contributed by atoms with Gasteiger partial charge in [-0.1, -0.05) is 48.7 Å². The van der Waals surface area contributed by atoms with Gasteiger partial charge in [-0.3, -0.25) is 14.6 Å². The fourth-order valence-corrected chi connectivity index (χ4v) is 4.34. The molecule has 1 aliphatic carbocycles.